The third kappa shape index (κ3) is 3.94. The van der Waals surface area contributed by atoms with Crippen molar-refractivity contribution in [1.82, 2.24) is 9.78 Å². The van der Waals surface area contributed by atoms with E-state index in [9.17, 15) is 5.11 Å². The molecule has 2 rings (SSSR count). The van der Waals surface area contributed by atoms with Gasteiger partial charge in [-0.2, -0.15) is 5.10 Å². The van der Waals surface area contributed by atoms with Crippen LogP contribution in [-0.4, -0.2) is 21.0 Å². The molecule has 0 saturated carbocycles. The third-order valence-corrected chi connectivity index (χ3v) is 3.72. The normalized spacial score (nSPS) is 12.6. The molecule has 0 bridgehead atoms. The minimum absolute atomic E-state index is 0.309. The first-order valence-corrected chi connectivity index (χ1v) is 7.34. The highest BCUT2D eigenvalue weighted by Crippen LogP contribution is 2.12. The van der Waals surface area contributed by atoms with E-state index >= 15 is 0 Å². The fourth-order valence-electron chi connectivity index (χ4n) is 2.37. The van der Waals surface area contributed by atoms with Gasteiger partial charge in [0.05, 0.1) is 11.8 Å². The molecule has 20 heavy (non-hydrogen) atoms. The van der Waals surface area contributed by atoms with Crippen LogP contribution in [0, 0.1) is 6.92 Å². The number of aryl methyl sites for hydroxylation is 4. The first-order chi connectivity index (χ1) is 9.58. The second kappa shape index (κ2) is 6.71. The number of aliphatic hydroxyl groups is 1. The van der Waals surface area contributed by atoms with E-state index in [1.54, 1.807) is 0 Å². The molecule has 3 nitrogen and oxygen atoms in total. The Morgan fingerprint density at radius 3 is 2.55 bits per heavy atom. The summed E-state index contributed by atoms with van der Waals surface area (Å²) in [7, 11) is 1.95. The summed E-state index contributed by atoms with van der Waals surface area (Å²) in [4.78, 5) is 0. The molecule has 0 radical (unpaired) electrons. The van der Waals surface area contributed by atoms with Gasteiger partial charge in [-0.1, -0.05) is 36.8 Å². The lowest BCUT2D eigenvalue weighted by Crippen LogP contribution is -2.14. The van der Waals surface area contributed by atoms with Crippen LogP contribution in [0.4, 0.5) is 0 Å². The maximum atomic E-state index is 10.2. The molecular formula is C17H24N2O. The maximum absolute atomic E-state index is 10.2. The fraction of sp³-hybridized carbons (Fsp3) is 0.471. The van der Waals surface area contributed by atoms with Crippen LogP contribution in [0.25, 0.3) is 0 Å². The number of hydrogen-bond donors (Lipinski definition) is 1. The Bertz CT molecular complexity index is 543. The zero-order chi connectivity index (χ0) is 14.5. The summed E-state index contributed by atoms with van der Waals surface area (Å²) in [5.41, 5.74) is 4.76. The predicted octanol–water partition coefficient (Wildman–Crippen LogP) is 2.83. The maximum Gasteiger partial charge on any atom is 0.0624 e. The smallest absolute Gasteiger partial charge is 0.0624 e. The van der Waals surface area contributed by atoms with Gasteiger partial charge in [0.25, 0.3) is 0 Å². The predicted molar refractivity (Wildman–Crippen MR) is 81.8 cm³/mol. The van der Waals surface area contributed by atoms with Crippen molar-refractivity contribution in [3.8, 4) is 0 Å². The van der Waals surface area contributed by atoms with Gasteiger partial charge in [-0.15, -0.1) is 0 Å². The molecule has 1 aromatic carbocycles. The van der Waals surface area contributed by atoms with Crippen LogP contribution in [0.15, 0.2) is 30.3 Å². The lowest BCUT2D eigenvalue weighted by atomic mass is 10.0. The zero-order valence-corrected chi connectivity index (χ0v) is 12.6. The molecule has 108 valence electrons. The third-order valence-electron chi connectivity index (χ3n) is 3.72. The van der Waals surface area contributed by atoms with Gasteiger partial charge in [0.2, 0.25) is 0 Å². The minimum atomic E-state index is -0.309. The average molecular weight is 272 g/mol. The van der Waals surface area contributed by atoms with Crippen molar-refractivity contribution in [2.24, 2.45) is 7.05 Å². The molecule has 0 aliphatic rings. The van der Waals surface area contributed by atoms with Gasteiger partial charge in [-0.3, -0.25) is 4.68 Å². The first-order valence-electron chi connectivity index (χ1n) is 7.34. The topological polar surface area (TPSA) is 38.0 Å². The van der Waals surface area contributed by atoms with Crippen molar-refractivity contribution >= 4 is 0 Å². The Morgan fingerprint density at radius 2 is 1.95 bits per heavy atom. The van der Waals surface area contributed by atoms with E-state index < -0.39 is 0 Å². The molecule has 1 unspecified atom stereocenters. The second-order valence-electron chi connectivity index (χ2n) is 5.49. The van der Waals surface area contributed by atoms with Gasteiger partial charge >= 0.3 is 0 Å². The standard InChI is InChI=1S/C17H24N2O/c1-4-15-11-16(19(3)18-15)12-17(20)10-9-14-7-5-13(2)6-8-14/h5-8,11,17,20H,4,9-10,12H2,1-3H3. The van der Waals surface area contributed by atoms with Gasteiger partial charge in [-0.25, -0.2) is 0 Å². The van der Waals surface area contributed by atoms with Crippen molar-refractivity contribution < 1.29 is 5.11 Å². The van der Waals surface area contributed by atoms with E-state index in [0.717, 1.165) is 30.7 Å². The van der Waals surface area contributed by atoms with E-state index in [-0.39, 0.29) is 6.10 Å². The zero-order valence-electron chi connectivity index (χ0n) is 12.6. The second-order valence-corrected chi connectivity index (χ2v) is 5.49. The van der Waals surface area contributed by atoms with E-state index in [0.29, 0.717) is 6.42 Å². The van der Waals surface area contributed by atoms with Crippen molar-refractivity contribution in [3.05, 3.63) is 52.8 Å². The Morgan fingerprint density at radius 1 is 1.25 bits per heavy atom. The van der Waals surface area contributed by atoms with Crippen LogP contribution >= 0.6 is 0 Å². The molecule has 1 N–H and O–H groups in total. The molecule has 1 heterocycles. The fourth-order valence-corrected chi connectivity index (χ4v) is 2.37. The molecule has 0 amide bonds. The van der Waals surface area contributed by atoms with Gasteiger partial charge in [0, 0.05) is 19.2 Å². The number of nitrogens with zero attached hydrogens (tertiary/aromatic N) is 2. The quantitative estimate of drug-likeness (QED) is 0.878. The SMILES string of the molecule is CCc1cc(CC(O)CCc2ccc(C)cc2)n(C)n1. The van der Waals surface area contributed by atoms with Gasteiger partial charge in [-0.05, 0) is 37.8 Å². The Labute approximate surface area is 121 Å². The minimum Gasteiger partial charge on any atom is -0.393 e. The van der Waals surface area contributed by atoms with Crippen molar-refractivity contribution in [2.75, 3.05) is 0 Å². The first kappa shape index (κ1) is 14.8. The molecule has 0 spiro atoms. The number of rotatable bonds is 6. The molecule has 0 fully saturated rings. The highest BCUT2D eigenvalue weighted by atomic mass is 16.3. The summed E-state index contributed by atoms with van der Waals surface area (Å²) in [6.45, 7) is 4.19. The molecule has 3 heteroatoms. The van der Waals surface area contributed by atoms with E-state index in [2.05, 4.69) is 49.3 Å². The number of benzene rings is 1. The van der Waals surface area contributed by atoms with E-state index in [1.165, 1.54) is 11.1 Å². The molecule has 2 aromatic rings. The lowest BCUT2D eigenvalue weighted by Gasteiger charge is -2.10. The van der Waals surface area contributed by atoms with Crippen molar-refractivity contribution in [3.63, 3.8) is 0 Å². The highest BCUT2D eigenvalue weighted by molar-refractivity contribution is 5.21. The summed E-state index contributed by atoms with van der Waals surface area (Å²) < 4.78 is 1.88. The summed E-state index contributed by atoms with van der Waals surface area (Å²) in [5.74, 6) is 0. The van der Waals surface area contributed by atoms with Gasteiger partial charge < -0.3 is 5.11 Å². The molecule has 0 saturated heterocycles. The van der Waals surface area contributed by atoms with E-state index in [1.807, 2.05) is 11.7 Å². The van der Waals surface area contributed by atoms with Crippen LogP contribution in [0.1, 0.15) is 35.9 Å². The van der Waals surface area contributed by atoms with Crippen LogP contribution in [-0.2, 0) is 26.3 Å². The van der Waals surface area contributed by atoms with Crippen LogP contribution in [0.2, 0.25) is 0 Å². The number of hydrogen-bond acceptors (Lipinski definition) is 2. The van der Waals surface area contributed by atoms with Crippen molar-refractivity contribution in [2.45, 2.75) is 45.6 Å². The van der Waals surface area contributed by atoms with Crippen LogP contribution in [0.3, 0.4) is 0 Å². The monoisotopic (exact) mass is 272 g/mol. The van der Waals surface area contributed by atoms with Gasteiger partial charge in [0.1, 0.15) is 0 Å². The molecular weight excluding hydrogens is 248 g/mol. The van der Waals surface area contributed by atoms with Crippen LogP contribution in [0.5, 0.6) is 0 Å². The average Bonchev–Trinajstić information content (AvgIpc) is 2.79. The Kier molecular flexibility index (Phi) is 4.96. The molecule has 1 aromatic heterocycles. The largest absolute Gasteiger partial charge is 0.393 e. The lowest BCUT2D eigenvalue weighted by molar-refractivity contribution is 0.163. The molecule has 0 aliphatic carbocycles. The molecule has 1 atom stereocenters. The summed E-state index contributed by atoms with van der Waals surface area (Å²) in [5, 5.41) is 14.6. The molecule has 0 aliphatic heterocycles. The van der Waals surface area contributed by atoms with E-state index in [4.69, 9.17) is 0 Å². The highest BCUT2D eigenvalue weighted by Gasteiger charge is 2.10. The number of aromatic nitrogens is 2. The Balaban J connectivity index is 1.87. The summed E-state index contributed by atoms with van der Waals surface area (Å²) in [6.07, 6.45) is 3.01. The summed E-state index contributed by atoms with van der Waals surface area (Å²) >= 11 is 0. The van der Waals surface area contributed by atoms with Crippen molar-refractivity contribution in [1.29, 1.82) is 0 Å². The number of aliphatic hydroxyl groups excluding tert-OH is 1. The summed E-state index contributed by atoms with van der Waals surface area (Å²) in [6, 6.07) is 10.6. The van der Waals surface area contributed by atoms with Crippen LogP contribution < -0.4 is 0 Å². The Hall–Kier alpha value is -1.61. The van der Waals surface area contributed by atoms with Gasteiger partial charge in [0.15, 0.2) is 0 Å².